The van der Waals surface area contributed by atoms with Crippen LogP contribution in [0.1, 0.15) is 23.6 Å². The number of imide groups is 2. The standard InChI is InChI=1S/C27H23BrN2O7S/c1-4-36-23-15-18(14-22(28)24(23)37-38(34,35)20-8-6-5-7-9-20)13-21-25(31)29-27(33)30(26(21)32)19-11-10-16(2)17(3)12-19/h5-15H,4H2,1-3H3,(H,29,31,33)/b21-13+. The minimum Gasteiger partial charge on any atom is -0.490 e. The molecule has 0 aliphatic carbocycles. The first kappa shape index (κ1) is 27.1. The van der Waals surface area contributed by atoms with Crippen molar-refractivity contribution in [2.75, 3.05) is 11.5 Å². The Balaban J connectivity index is 1.73. The Hall–Kier alpha value is -3.96. The summed E-state index contributed by atoms with van der Waals surface area (Å²) in [7, 11) is -4.17. The maximum Gasteiger partial charge on any atom is 0.339 e. The van der Waals surface area contributed by atoms with Gasteiger partial charge < -0.3 is 8.92 Å². The van der Waals surface area contributed by atoms with Gasteiger partial charge in [0.25, 0.3) is 11.8 Å². The summed E-state index contributed by atoms with van der Waals surface area (Å²) in [6.45, 7) is 5.64. The average Bonchev–Trinajstić information content (AvgIpc) is 2.86. The number of anilines is 1. The lowest BCUT2D eigenvalue weighted by Gasteiger charge is -2.27. The Bertz CT molecular complexity index is 1580. The molecule has 1 saturated heterocycles. The molecule has 1 aliphatic rings. The molecule has 11 heteroatoms. The summed E-state index contributed by atoms with van der Waals surface area (Å²) >= 11 is 3.31. The summed E-state index contributed by atoms with van der Waals surface area (Å²) in [5.41, 5.74) is 2.22. The van der Waals surface area contributed by atoms with E-state index in [0.717, 1.165) is 16.0 Å². The van der Waals surface area contributed by atoms with Crippen molar-refractivity contribution in [3.63, 3.8) is 0 Å². The molecule has 0 bridgehead atoms. The zero-order valence-electron chi connectivity index (χ0n) is 20.6. The van der Waals surface area contributed by atoms with Crippen molar-refractivity contribution in [2.24, 2.45) is 0 Å². The lowest BCUT2D eigenvalue weighted by atomic mass is 10.0. The SMILES string of the molecule is CCOc1cc(/C=C2\C(=O)NC(=O)N(c3ccc(C)c(C)c3)C2=O)cc(Br)c1OS(=O)(=O)c1ccccc1. The molecule has 0 unspecified atom stereocenters. The molecule has 196 valence electrons. The van der Waals surface area contributed by atoms with E-state index in [0.29, 0.717) is 11.3 Å². The normalized spacial score (nSPS) is 15.0. The number of urea groups is 1. The maximum atomic E-state index is 13.3. The second kappa shape index (κ2) is 10.8. The van der Waals surface area contributed by atoms with Crippen LogP contribution in [0.2, 0.25) is 0 Å². The molecule has 1 fully saturated rings. The Labute approximate surface area is 228 Å². The number of hydrogen-bond acceptors (Lipinski definition) is 7. The fourth-order valence-corrected chi connectivity index (χ4v) is 5.31. The molecule has 3 aromatic carbocycles. The van der Waals surface area contributed by atoms with Gasteiger partial charge in [-0.25, -0.2) is 9.69 Å². The molecule has 0 spiro atoms. The van der Waals surface area contributed by atoms with Crippen LogP contribution in [0.4, 0.5) is 10.5 Å². The summed E-state index contributed by atoms with van der Waals surface area (Å²) in [4.78, 5) is 39.3. The Morgan fingerprint density at radius 3 is 2.34 bits per heavy atom. The Kier molecular flexibility index (Phi) is 7.70. The van der Waals surface area contributed by atoms with E-state index in [2.05, 4.69) is 21.2 Å². The molecular formula is C27H23BrN2O7S. The van der Waals surface area contributed by atoms with Crippen LogP contribution in [0.3, 0.4) is 0 Å². The lowest BCUT2D eigenvalue weighted by Crippen LogP contribution is -2.54. The summed E-state index contributed by atoms with van der Waals surface area (Å²) < 4.78 is 36.8. The van der Waals surface area contributed by atoms with Gasteiger partial charge in [0, 0.05) is 0 Å². The predicted molar refractivity (Wildman–Crippen MR) is 144 cm³/mol. The number of nitrogens with one attached hydrogen (secondary N) is 1. The van der Waals surface area contributed by atoms with Crippen molar-refractivity contribution in [1.29, 1.82) is 0 Å². The highest BCUT2D eigenvalue weighted by molar-refractivity contribution is 9.10. The smallest absolute Gasteiger partial charge is 0.339 e. The average molecular weight is 599 g/mol. The van der Waals surface area contributed by atoms with Gasteiger partial charge in [0.05, 0.1) is 16.8 Å². The van der Waals surface area contributed by atoms with Crippen LogP contribution in [-0.2, 0) is 19.7 Å². The number of rotatable bonds is 7. The van der Waals surface area contributed by atoms with Crippen molar-refractivity contribution >= 4 is 55.7 Å². The Morgan fingerprint density at radius 1 is 0.974 bits per heavy atom. The third-order valence-electron chi connectivity index (χ3n) is 5.72. The summed E-state index contributed by atoms with van der Waals surface area (Å²) in [6.07, 6.45) is 1.29. The van der Waals surface area contributed by atoms with Crippen LogP contribution in [0.5, 0.6) is 11.5 Å². The van der Waals surface area contributed by atoms with E-state index in [1.807, 2.05) is 13.8 Å². The van der Waals surface area contributed by atoms with E-state index in [-0.39, 0.29) is 33.0 Å². The minimum atomic E-state index is -4.17. The quantitative estimate of drug-likeness (QED) is 0.233. The van der Waals surface area contributed by atoms with Crippen LogP contribution in [0.15, 0.2) is 75.6 Å². The first-order valence-electron chi connectivity index (χ1n) is 11.5. The number of barbiturate groups is 1. The monoisotopic (exact) mass is 598 g/mol. The number of aryl methyl sites for hydroxylation is 2. The van der Waals surface area contributed by atoms with Gasteiger partial charge in [-0.3, -0.25) is 14.9 Å². The molecule has 4 amide bonds. The van der Waals surface area contributed by atoms with Gasteiger partial charge in [0.15, 0.2) is 11.5 Å². The molecular weight excluding hydrogens is 576 g/mol. The third-order valence-corrected chi connectivity index (χ3v) is 7.54. The van der Waals surface area contributed by atoms with E-state index >= 15 is 0 Å². The van der Waals surface area contributed by atoms with Gasteiger partial charge in [-0.15, -0.1) is 0 Å². The van der Waals surface area contributed by atoms with Gasteiger partial charge in [-0.2, -0.15) is 8.42 Å². The second-order valence-corrected chi connectivity index (χ2v) is 10.7. The van der Waals surface area contributed by atoms with Crippen molar-refractivity contribution in [1.82, 2.24) is 5.32 Å². The number of hydrogen-bond donors (Lipinski definition) is 1. The van der Waals surface area contributed by atoms with Crippen molar-refractivity contribution in [3.8, 4) is 11.5 Å². The molecule has 0 atom stereocenters. The maximum absolute atomic E-state index is 13.3. The van der Waals surface area contributed by atoms with Gasteiger partial charge >= 0.3 is 16.1 Å². The number of amides is 4. The predicted octanol–water partition coefficient (Wildman–Crippen LogP) is 4.90. The van der Waals surface area contributed by atoms with E-state index in [9.17, 15) is 22.8 Å². The largest absolute Gasteiger partial charge is 0.490 e. The molecule has 0 aromatic heterocycles. The molecule has 0 radical (unpaired) electrons. The summed E-state index contributed by atoms with van der Waals surface area (Å²) in [6, 6.07) is 14.8. The summed E-state index contributed by atoms with van der Waals surface area (Å²) in [5.74, 6) is -1.69. The van der Waals surface area contributed by atoms with Crippen LogP contribution in [0, 0.1) is 13.8 Å². The highest BCUT2D eigenvalue weighted by Gasteiger charge is 2.37. The van der Waals surface area contributed by atoms with E-state index in [1.165, 1.54) is 30.3 Å². The van der Waals surface area contributed by atoms with Gasteiger partial charge in [-0.1, -0.05) is 24.3 Å². The van der Waals surface area contributed by atoms with Crippen LogP contribution < -0.4 is 19.1 Å². The fourth-order valence-electron chi connectivity index (χ4n) is 3.68. The topological polar surface area (TPSA) is 119 Å². The molecule has 3 aromatic rings. The number of carbonyl (C=O) groups is 3. The first-order valence-corrected chi connectivity index (χ1v) is 13.7. The van der Waals surface area contributed by atoms with Crippen LogP contribution in [0.25, 0.3) is 6.08 Å². The van der Waals surface area contributed by atoms with Crippen LogP contribution in [-0.4, -0.2) is 32.9 Å². The van der Waals surface area contributed by atoms with Gasteiger partial charge in [-0.05, 0) is 95.9 Å². The zero-order chi connectivity index (χ0) is 27.6. The van der Waals surface area contributed by atoms with Crippen molar-refractivity contribution in [2.45, 2.75) is 25.7 Å². The molecule has 9 nitrogen and oxygen atoms in total. The fraction of sp³-hybridized carbons (Fsp3) is 0.148. The van der Waals surface area contributed by atoms with E-state index in [1.54, 1.807) is 43.3 Å². The molecule has 38 heavy (non-hydrogen) atoms. The molecule has 4 rings (SSSR count). The number of nitrogens with zero attached hydrogens (tertiary/aromatic N) is 1. The Morgan fingerprint density at radius 2 is 1.68 bits per heavy atom. The molecule has 1 aliphatic heterocycles. The zero-order valence-corrected chi connectivity index (χ0v) is 23.1. The number of carbonyl (C=O) groups excluding carboxylic acids is 3. The lowest BCUT2D eigenvalue weighted by molar-refractivity contribution is -0.122. The molecule has 1 heterocycles. The van der Waals surface area contributed by atoms with Crippen LogP contribution >= 0.6 is 15.9 Å². The number of halogens is 1. The minimum absolute atomic E-state index is 0.0406. The second-order valence-electron chi connectivity index (χ2n) is 8.34. The number of benzene rings is 3. The van der Waals surface area contributed by atoms with E-state index in [4.69, 9.17) is 8.92 Å². The molecule has 0 saturated carbocycles. The van der Waals surface area contributed by atoms with Crippen molar-refractivity contribution in [3.05, 3.63) is 87.4 Å². The highest BCUT2D eigenvalue weighted by Crippen LogP contribution is 2.39. The van der Waals surface area contributed by atoms with Crippen molar-refractivity contribution < 1.29 is 31.7 Å². The van der Waals surface area contributed by atoms with Gasteiger partial charge in [0.1, 0.15) is 10.5 Å². The third kappa shape index (κ3) is 5.48. The summed E-state index contributed by atoms with van der Waals surface area (Å²) in [5, 5.41) is 2.19. The highest BCUT2D eigenvalue weighted by atomic mass is 79.9. The first-order chi connectivity index (χ1) is 18.0. The number of ether oxygens (including phenoxy) is 1. The van der Waals surface area contributed by atoms with E-state index < -0.39 is 28.0 Å². The van der Waals surface area contributed by atoms with Gasteiger partial charge in [0.2, 0.25) is 0 Å². The molecule has 1 N–H and O–H groups in total.